The van der Waals surface area contributed by atoms with Crippen LogP contribution in [0, 0.1) is 5.82 Å². The molecule has 0 aliphatic heterocycles. The molecule has 0 saturated heterocycles. The summed E-state index contributed by atoms with van der Waals surface area (Å²) in [5.74, 6) is 1.06. The third-order valence-corrected chi connectivity index (χ3v) is 3.02. The number of hydrogen-bond donors (Lipinski definition) is 2. The molecule has 0 amide bonds. The Morgan fingerprint density at radius 3 is 2.63 bits per heavy atom. The second-order valence-electron chi connectivity index (χ2n) is 3.89. The number of halogens is 2. The van der Waals surface area contributed by atoms with Crippen LogP contribution in [0.3, 0.4) is 0 Å². The van der Waals surface area contributed by atoms with Gasteiger partial charge in [0.25, 0.3) is 0 Å². The number of nitrogens with zero attached hydrogens (tertiary/aromatic N) is 1. The monoisotopic (exact) mass is 395 g/mol. The van der Waals surface area contributed by atoms with Gasteiger partial charge in [0.1, 0.15) is 5.82 Å². The fourth-order valence-corrected chi connectivity index (χ4v) is 1.92. The first kappa shape index (κ1) is 18.2. The van der Waals surface area contributed by atoms with Crippen LogP contribution in [0.5, 0.6) is 0 Å². The van der Waals surface area contributed by atoms with Gasteiger partial charge in [0.05, 0.1) is 6.54 Å². The van der Waals surface area contributed by atoms with E-state index in [1.165, 1.54) is 12.1 Å². The van der Waals surface area contributed by atoms with Gasteiger partial charge in [-0.3, -0.25) is 0 Å². The molecule has 1 aromatic rings. The summed E-state index contributed by atoms with van der Waals surface area (Å²) < 4.78 is 12.7. The van der Waals surface area contributed by atoms with Gasteiger partial charge in [-0.15, -0.1) is 35.7 Å². The lowest BCUT2D eigenvalue weighted by atomic mass is 10.4. The fourth-order valence-electron chi connectivity index (χ4n) is 1.15. The topological polar surface area (TPSA) is 50.4 Å². The minimum atomic E-state index is -0.214. The molecule has 0 bridgehead atoms. The Morgan fingerprint density at radius 2 is 2.05 bits per heavy atom. The van der Waals surface area contributed by atoms with Crippen LogP contribution in [0.25, 0.3) is 0 Å². The minimum Gasteiger partial charge on any atom is -0.370 e. The van der Waals surface area contributed by atoms with E-state index in [9.17, 15) is 4.39 Å². The van der Waals surface area contributed by atoms with Crippen molar-refractivity contribution in [3.8, 4) is 0 Å². The Bertz CT molecular complexity index is 420. The highest BCUT2D eigenvalue weighted by atomic mass is 127. The van der Waals surface area contributed by atoms with Gasteiger partial charge in [0.2, 0.25) is 0 Å². The molecule has 0 unspecified atom stereocenters. The molecule has 0 aromatic heterocycles. The highest BCUT2D eigenvalue weighted by molar-refractivity contribution is 14.0. The average molecular weight is 395 g/mol. The van der Waals surface area contributed by atoms with Gasteiger partial charge in [-0.1, -0.05) is 12.2 Å². The van der Waals surface area contributed by atoms with Crippen molar-refractivity contribution in [2.75, 3.05) is 18.8 Å². The first-order valence-electron chi connectivity index (χ1n) is 5.64. The molecule has 0 radical (unpaired) electrons. The Kier molecular flexibility index (Phi) is 9.68. The van der Waals surface area contributed by atoms with Crippen LogP contribution in [0.1, 0.15) is 6.92 Å². The van der Waals surface area contributed by atoms with E-state index in [2.05, 4.69) is 16.9 Å². The van der Waals surface area contributed by atoms with E-state index in [1.807, 2.05) is 6.92 Å². The largest absolute Gasteiger partial charge is 0.370 e. The standard InChI is InChI=1S/C13H18FN3S.HI/c1-10(2)9-17-13(15)16-7-8-18-12-5-3-11(14)4-6-12;/h3-6H,1,7-9H2,2H3,(H3,15,16,17);1H. The molecule has 3 N–H and O–H groups in total. The maximum atomic E-state index is 12.7. The van der Waals surface area contributed by atoms with Crippen molar-refractivity contribution >= 4 is 41.7 Å². The van der Waals surface area contributed by atoms with Crippen LogP contribution >= 0.6 is 35.7 Å². The molecule has 0 atom stereocenters. The van der Waals surface area contributed by atoms with Crippen molar-refractivity contribution in [2.45, 2.75) is 11.8 Å². The third-order valence-electron chi connectivity index (χ3n) is 2.01. The Hall–Kier alpha value is -0.760. The normalized spacial score (nSPS) is 10.7. The number of rotatable bonds is 6. The third kappa shape index (κ3) is 8.88. The molecular formula is C13H19FIN3S. The zero-order chi connectivity index (χ0) is 13.4. The van der Waals surface area contributed by atoms with E-state index in [0.717, 1.165) is 16.2 Å². The molecule has 0 heterocycles. The number of benzene rings is 1. The van der Waals surface area contributed by atoms with Gasteiger partial charge in [-0.05, 0) is 31.2 Å². The van der Waals surface area contributed by atoms with E-state index in [0.29, 0.717) is 19.0 Å². The van der Waals surface area contributed by atoms with Gasteiger partial charge < -0.3 is 11.1 Å². The van der Waals surface area contributed by atoms with E-state index in [1.54, 1.807) is 23.9 Å². The van der Waals surface area contributed by atoms with Crippen molar-refractivity contribution in [3.05, 3.63) is 42.2 Å². The number of thioether (sulfide) groups is 1. The summed E-state index contributed by atoms with van der Waals surface area (Å²) in [4.78, 5) is 5.14. The van der Waals surface area contributed by atoms with Crippen molar-refractivity contribution in [3.63, 3.8) is 0 Å². The van der Waals surface area contributed by atoms with Crippen molar-refractivity contribution in [1.82, 2.24) is 5.32 Å². The lowest BCUT2D eigenvalue weighted by Crippen LogP contribution is -2.33. The van der Waals surface area contributed by atoms with Crippen molar-refractivity contribution < 1.29 is 4.39 Å². The number of nitrogens with two attached hydrogens (primary N) is 1. The number of nitrogens with one attached hydrogen (secondary N) is 1. The first-order valence-corrected chi connectivity index (χ1v) is 6.63. The zero-order valence-electron chi connectivity index (χ0n) is 10.9. The molecule has 6 heteroatoms. The molecular weight excluding hydrogens is 376 g/mol. The summed E-state index contributed by atoms with van der Waals surface area (Å²) in [6.07, 6.45) is 0. The maximum Gasteiger partial charge on any atom is 0.188 e. The summed E-state index contributed by atoms with van der Waals surface area (Å²) in [6, 6.07) is 6.44. The lowest BCUT2D eigenvalue weighted by Gasteiger charge is -2.05. The van der Waals surface area contributed by atoms with Crippen molar-refractivity contribution in [2.24, 2.45) is 10.7 Å². The minimum absolute atomic E-state index is 0. The molecule has 1 rings (SSSR count). The van der Waals surface area contributed by atoms with Crippen LogP contribution in [-0.2, 0) is 0 Å². The highest BCUT2D eigenvalue weighted by Gasteiger charge is 1.96. The summed E-state index contributed by atoms with van der Waals surface area (Å²) >= 11 is 1.64. The Balaban J connectivity index is 0.00000324. The zero-order valence-corrected chi connectivity index (χ0v) is 14.0. The SMILES string of the molecule is C=C(C)CN=C(N)NCCSc1ccc(F)cc1.I. The lowest BCUT2D eigenvalue weighted by molar-refractivity contribution is 0.626. The molecule has 1 aromatic carbocycles. The van der Waals surface area contributed by atoms with Gasteiger partial charge in [0.15, 0.2) is 5.96 Å². The Morgan fingerprint density at radius 1 is 1.42 bits per heavy atom. The summed E-state index contributed by atoms with van der Waals surface area (Å²) in [6.45, 7) is 6.91. The quantitative estimate of drug-likeness (QED) is 0.195. The molecule has 0 spiro atoms. The smallest absolute Gasteiger partial charge is 0.188 e. The van der Waals surface area contributed by atoms with Gasteiger partial charge in [-0.2, -0.15) is 0 Å². The van der Waals surface area contributed by atoms with Gasteiger partial charge in [0, 0.05) is 17.2 Å². The Labute approximate surface area is 135 Å². The second kappa shape index (κ2) is 10.1. The van der Waals surface area contributed by atoms with Crippen LogP contribution in [0.2, 0.25) is 0 Å². The van der Waals surface area contributed by atoms with Crippen LogP contribution < -0.4 is 11.1 Å². The first-order chi connectivity index (χ1) is 8.58. The molecule has 0 aliphatic rings. The molecule has 0 saturated carbocycles. The van der Waals surface area contributed by atoms with Gasteiger partial charge >= 0.3 is 0 Å². The predicted octanol–water partition coefficient (Wildman–Crippen LogP) is 3.02. The van der Waals surface area contributed by atoms with Crippen LogP contribution in [-0.4, -0.2) is 24.8 Å². The number of aliphatic imine (C=N–C) groups is 1. The molecule has 0 fully saturated rings. The van der Waals surface area contributed by atoms with E-state index < -0.39 is 0 Å². The van der Waals surface area contributed by atoms with E-state index in [-0.39, 0.29) is 29.8 Å². The fraction of sp³-hybridized carbons (Fsp3) is 0.308. The molecule has 19 heavy (non-hydrogen) atoms. The van der Waals surface area contributed by atoms with E-state index >= 15 is 0 Å². The average Bonchev–Trinajstić information content (AvgIpc) is 2.34. The number of guanidine groups is 1. The summed E-state index contributed by atoms with van der Waals surface area (Å²) in [5, 5.41) is 3.01. The maximum absolute atomic E-state index is 12.7. The summed E-state index contributed by atoms with van der Waals surface area (Å²) in [5.41, 5.74) is 6.63. The summed E-state index contributed by atoms with van der Waals surface area (Å²) in [7, 11) is 0. The highest BCUT2D eigenvalue weighted by Crippen LogP contribution is 2.16. The predicted molar refractivity (Wildman–Crippen MR) is 91.8 cm³/mol. The second-order valence-corrected chi connectivity index (χ2v) is 5.06. The molecule has 106 valence electrons. The van der Waals surface area contributed by atoms with Gasteiger partial charge in [-0.25, -0.2) is 9.38 Å². The van der Waals surface area contributed by atoms with Crippen LogP contribution in [0.4, 0.5) is 4.39 Å². The molecule has 3 nitrogen and oxygen atoms in total. The molecule has 0 aliphatic carbocycles. The van der Waals surface area contributed by atoms with Crippen molar-refractivity contribution in [1.29, 1.82) is 0 Å². The van der Waals surface area contributed by atoms with E-state index in [4.69, 9.17) is 5.73 Å². The van der Waals surface area contributed by atoms with Crippen LogP contribution in [0.15, 0.2) is 46.3 Å². The number of hydrogen-bond acceptors (Lipinski definition) is 2.